The molecule has 0 saturated carbocycles. The lowest BCUT2D eigenvalue weighted by atomic mass is 9.74. The third kappa shape index (κ3) is 5.33. The van der Waals surface area contributed by atoms with Crippen LogP contribution in [-0.2, 0) is 19.1 Å². The highest BCUT2D eigenvalue weighted by Crippen LogP contribution is 2.43. The number of amides is 2. The zero-order chi connectivity index (χ0) is 22.6. The summed E-state index contributed by atoms with van der Waals surface area (Å²) in [7, 11) is 0. The predicted molar refractivity (Wildman–Crippen MR) is 101 cm³/mol. The summed E-state index contributed by atoms with van der Waals surface area (Å²) in [5.41, 5.74) is 0.878. The van der Waals surface area contributed by atoms with Crippen LogP contribution in [0.4, 0.5) is 13.2 Å². The zero-order valence-electron chi connectivity index (χ0n) is 16.7. The summed E-state index contributed by atoms with van der Waals surface area (Å²) < 4.78 is 37.1. The Labute approximate surface area is 176 Å². The number of carboxylic acids is 1. The Bertz CT molecular complexity index is 804. The van der Waals surface area contributed by atoms with E-state index in [9.17, 15) is 22.8 Å². The molecule has 4 rings (SSSR count). The number of likely N-dealkylation sites (tertiary alicyclic amines) is 1. The van der Waals surface area contributed by atoms with Crippen molar-refractivity contribution in [2.75, 3.05) is 26.3 Å². The van der Waals surface area contributed by atoms with Gasteiger partial charge in [0.25, 0.3) is 0 Å². The summed E-state index contributed by atoms with van der Waals surface area (Å²) in [4.78, 5) is 39.7. The Balaban J connectivity index is 0.000000339. The van der Waals surface area contributed by atoms with E-state index < -0.39 is 12.1 Å². The van der Waals surface area contributed by atoms with Crippen molar-refractivity contribution in [1.29, 1.82) is 0 Å². The number of carbonyl (C=O) groups excluding carboxylic acids is 2. The van der Waals surface area contributed by atoms with E-state index in [2.05, 4.69) is 10.3 Å². The van der Waals surface area contributed by atoms with Crippen LogP contribution < -0.4 is 5.32 Å². The quantitative estimate of drug-likeness (QED) is 0.721. The monoisotopic (exact) mass is 443 g/mol. The number of hydrogen-bond acceptors (Lipinski definition) is 5. The normalized spacial score (nSPS) is 25.0. The largest absolute Gasteiger partial charge is 0.490 e. The van der Waals surface area contributed by atoms with E-state index in [0.29, 0.717) is 32.7 Å². The number of halogens is 3. The molecule has 3 aliphatic rings. The highest BCUT2D eigenvalue weighted by molar-refractivity contribution is 5.82. The fourth-order valence-electron chi connectivity index (χ4n) is 4.40. The van der Waals surface area contributed by atoms with E-state index in [1.54, 1.807) is 6.20 Å². The molecule has 1 spiro atoms. The van der Waals surface area contributed by atoms with E-state index in [0.717, 1.165) is 24.8 Å². The van der Waals surface area contributed by atoms with Gasteiger partial charge in [-0.05, 0) is 30.9 Å². The maximum Gasteiger partial charge on any atom is 0.490 e. The van der Waals surface area contributed by atoms with Crippen molar-refractivity contribution >= 4 is 17.8 Å². The van der Waals surface area contributed by atoms with Crippen molar-refractivity contribution in [1.82, 2.24) is 15.2 Å². The summed E-state index contributed by atoms with van der Waals surface area (Å²) in [6.07, 6.45) is 1.48. The van der Waals surface area contributed by atoms with Crippen molar-refractivity contribution in [3.8, 4) is 0 Å². The van der Waals surface area contributed by atoms with E-state index >= 15 is 0 Å². The minimum atomic E-state index is -5.08. The number of alkyl halides is 3. The first-order chi connectivity index (χ1) is 14.6. The molecule has 11 heteroatoms. The SMILES string of the molecule is O=C(O)C(F)(F)F.O=C1CC(c2cccnc2)C2(CCN(C(=O)C3CCOC3)CC2)N1. The fourth-order valence-corrected chi connectivity index (χ4v) is 4.40. The Morgan fingerprint density at radius 1 is 1.29 bits per heavy atom. The molecule has 1 aromatic heterocycles. The molecule has 4 heterocycles. The highest BCUT2D eigenvalue weighted by Gasteiger charge is 2.49. The predicted octanol–water partition coefficient (Wildman–Crippen LogP) is 1.72. The molecule has 0 aliphatic carbocycles. The Morgan fingerprint density at radius 3 is 2.48 bits per heavy atom. The lowest BCUT2D eigenvalue weighted by molar-refractivity contribution is -0.192. The van der Waals surface area contributed by atoms with Gasteiger partial charge in [-0.2, -0.15) is 13.2 Å². The van der Waals surface area contributed by atoms with Gasteiger partial charge in [-0.1, -0.05) is 6.07 Å². The van der Waals surface area contributed by atoms with Crippen LogP contribution in [-0.4, -0.2) is 70.8 Å². The molecular formula is C20H24F3N3O5. The highest BCUT2D eigenvalue weighted by atomic mass is 19.4. The fraction of sp³-hybridized carbons (Fsp3) is 0.600. The molecule has 2 atom stereocenters. The first-order valence-corrected chi connectivity index (χ1v) is 10.00. The number of carbonyl (C=O) groups is 3. The maximum absolute atomic E-state index is 12.6. The number of nitrogens with one attached hydrogen (secondary N) is 1. The number of aliphatic carboxylic acids is 1. The van der Waals surface area contributed by atoms with E-state index in [1.807, 2.05) is 23.2 Å². The molecule has 31 heavy (non-hydrogen) atoms. The number of nitrogens with zero attached hydrogens (tertiary/aromatic N) is 2. The van der Waals surface area contributed by atoms with Gasteiger partial charge in [-0.25, -0.2) is 4.79 Å². The van der Waals surface area contributed by atoms with E-state index in [4.69, 9.17) is 14.6 Å². The van der Waals surface area contributed by atoms with Gasteiger partial charge in [0.1, 0.15) is 0 Å². The zero-order valence-corrected chi connectivity index (χ0v) is 16.7. The molecule has 2 amide bonds. The number of rotatable bonds is 2. The van der Waals surface area contributed by atoms with Gasteiger partial charge in [-0.15, -0.1) is 0 Å². The minimum absolute atomic E-state index is 0.0198. The first-order valence-electron chi connectivity index (χ1n) is 10.00. The standard InChI is InChI=1S/C18H23N3O3.C2HF3O2/c22-16-10-15(13-2-1-6-19-11-13)18(20-16)4-7-21(8-5-18)17(23)14-3-9-24-12-14;3-2(4,5)1(6)7/h1-2,6,11,14-15H,3-5,7-10,12H2,(H,20,22);(H,6,7). The van der Waals surface area contributed by atoms with Crippen molar-refractivity contribution in [2.45, 2.75) is 43.3 Å². The van der Waals surface area contributed by atoms with Crippen molar-refractivity contribution in [3.05, 3.63) is 30.1 Å². The van der Waals surface area contributed by atoms with Crippen molar-refractivity contribution < 1.29 is 37.4 Å². The third-order valence-corrected chi connectivity index (χ3v) is 6.02. The number of piperidine rings is 1. The number of ether oxygens (including phenoxy) is 1. The van der Waals surface area contributed by atoms with Gasteiger partial charge in [0.15, 0.2) is 0 Å². The van der Waals surface area contributed by atoms with Crippen LogP contribution in [0, 0.1) is 5.92 Å². The molecule has 0 aromatic carbocycles. The van der Waals surface area contributed by atoms with E-state index in [1.165, 1.54) is 0 Å². The number of carboxylic acid groups (broad SMARTS) is 1. The minimum Gasteiger partial charge on any atom is -0.475 e. The lowest BCUT2D eigenvalue weighted by Gasteiger charge is -2.43. The molecule has 3 aliphatic heterocycles. The van der Waals surface area contributed by atoms with Gasteiger partial charge in [-0.3, -0.25) is 14.6 Å². The van der Waals surface area contributed by atoms with Gasteiger partial charge in [0.2, 0.25) is 11.8 Å². The van der Waals surface area contributed by atoms with Crippen LogP contribution in [0.3, 0.4) is 0 Å². The number of aromatic nitrogens is 1. The van der Waals surface area contributed by atoms with Gasteiger partial charge >= 0.3 is 12.1 Å². The average Bonchev–Trinajstić information content (AvgIpc) is 3.37. The third-order valence-electron chi connectivity index (χ3n) is 6.02. The smallest absolute Gasteiger partial charge is 0.475 e. The molecule has 2 unspecified atom stereocenters. The van der Waals surface area contributed by atoms with Crippen LogP contribution in [0.25, 0.3) is 0 Å². The van der Waals surface area contributed by atoms with Crippen molar-refractivity contribution in [3.63, 3.8) is 0 Å². The molecule has 8 nitrogen and oxygen atoms in total. The first kappa shape index (κ1) is 23.0. The van der Waals surface area contributed by atoms with Crippen LogP contribution in [0.15, 0.2) is 24.5 Å². The van der Waals surface area contributed by atoms with Crippen molar-refractivity contribution in [2.24, 2.45) is 5.92 Å². The second-order valence-electron chi connectivity index (χ2n) is 7.94. The molecule has 1 aromatic rings. The second-order valence-corrected chi connectivity index (χ2v) is 7.94. The second kappa shape index (κ2) is 9.21. The molecular weight excluding hydrogens is 419 g/mol. The van der Waals surface area contributed by atoms with Crippen LogP contribution in [0.1, 0.15) is 37.2 Å². The Morgan fingerprint density at radius 2 is 1.97 bits per heavy atom. The van der Waals surface area contributed by atoms with Crippen LogP contribution in [0.5, 0.6) is 0 Å². The summed E-state index contributed by atoms with van der Waals surface area (Å²) in [6, 6.07) is 3.97. The van der Waals surface area contributed by atoms with E-state index in [-0.39, 0.29) is 29.2 Å². The van der Waals surface area contributed by atoms with Crippen LogP contribution >= 0.6 is 0 Å². The maximum atomic E-state index is 12.6. The Hall–Kier alpha value is -2.69. The molecule has 2 N–H and O–H groups in total. The molecule has 170 valence electrons. The number of pyridine rings is 1. The summed E-state index contributed by atoms with van der Waals surface area (Å²) in [6.45, 7) is 2.64. The molecule has 0 radical (unpaired) electrons. The molecule has 0 bridgehead atoms. The molecule has 3 fully saturated rings. The molecule has 3 saturated heterocycles. The number of hydrogen-bond donors (Lipinski definition) is 2. The van der Waals surface area contributed by atoms with Crippen LogP contribution in [0.2, 0.25) is 0 Å². The average molecular weight is 443 g/mol. The summed E-state index contributed by atoms with van der Waals surface area (Å²) >= 11 is 0. The van der Waals surface area contributed by atoms with Gasteiger partial charge < -0.3 is 20.1 Å². The Kier molecular flexibility index (Phi) is 6.83. The summed E-state index contributed by atoms with van der Waals surface area (Å²) in [5, 5.41) is 10.3. The summed E-state index contributed by atoms with van der Waals surface area (Å²) in [5.74, 6) is -2.28. The van der Waals surface area contributed by atoms with Gasteiger partial charge in [0.05, 0.1) is 18.1 Å². The topological polar surface area (TPSA) is 109 Å². The van der Waals surface area contributed by atoms with Gasteiger partial charge in [0, 0.05) is 44.4 Å². The lowest BCUT2D eigenvalue weighted by Crippen LogP contribution is -2.55.